The molecule has 0 saturated heterocycles. The molecule has 2 aromatic heterocycles. The summed E-state index contributed by atoms with van der Waals surface area (Å²) in [6.07, 6.45) is 4.99. The maximum absolute atomic E-state index is 6.19. The molecular formula is C13H13ClN2OS. The van der Waals surface area contributed by atoms with Gasteiger partial charge in [-0.05, 0) is 26.3 Å². The molecule has 0 saturated carbocycles. The first-order chi connectivity index (χ1) is 8.52. The van der Waals surface area contributed by atoms with Crippen molar-refractivity contribution in [1.29, 1.82) is 0 Å². The van der Waals surface area contributed by atoms with Gasteiger partial charge in [-0.3, -0.25) is 0 Å². The molecule has 0 bridgehead atoms. The van der Waals surface area contributed by atoms with Crippen molar-refractivity contribution in [1.82, 2.24) is 9.97 Å². The fourth-order valence-electron chi connectivity index (χ4n) is 1.55. The second-order valence-corrected chi connectivity index (χ2v) is 5.58. The van der Waals surface area contributed by atoms with Gasteiger partial charge in [0.15, 0.2) is 5.82 Å². The minimum Gasteiger partial charge on any atom is -0.358 e. The third kappa shape index (κ3) is 2.49. The second kappa shape index (κ2) is 5.23. The van der Waals surface area contributed by atoms with E-state index in [2.05, 4.69) is 22.8 Å². The molecule has 0 spiro atoms. The number of rotatable bonds is 3. The van der Waals surface area contributed by atoms with Gasteiger partial charge in [0, 0.05) is 4.88 Å². The van der Waals surface area contributed by atoms with Crippen LogP contribution in [0.15, 0.2) is 0 Å². The Morgan fingerprint density at radius 3 is 2.83 bits per heavy atom. The molecule has 2 heterocycles. The van der Waals surface area contributed by atoms with Crippen LogP contribution in [0.5, 0.6) is 0 Å². The second-order valence-electron chi connectivity index (χ2n) is 4.01. The van der Waals surface area contributed by atoms with Crippen LogP contribution in [0.3, 0.4) is 0 Å². The summed E-state index contributed by atoms with van der Waals surface area (Å²) in [4.78, 5) is 10.8. The van der Waals surface area contributed by atoms with Crippen molar-refractivity contribution in [3.05, 3.63) is 21.4 Å². The van der Waals surface area contributed by atoms with E-state index in [9.17, 15) is 0 Å². The average molecular weight is 281 g/mol. The van der Waals surface area contributed by atoms with Crippen molar-refractivity contribution in [2.75, 3.05) is 0 Å². The Morgan fingerprint density at radius 2 is 2.17 bits per heavy atom. The Hall–Kier alpha value is -1.15. The number of nitrogens with zero attached hydrogens (tertiary/aromatic N) is 2. The van der Waals surface area contributed by atoms with Gasteiger partial charge >= 0.3 is 0 Å². The number of hydrogen-bond acceptors (Lipinski definition) is 4. The highest BCUT2D eigenvalue weighted by molar-refractivity contribution is 7.18. The molecule has 18 heavy (non-hydrogen) atoms. The number of terminal acetylenes is 1. The Balaban J connectivity index is 2.35. The summed E-state index contributed by atoms with van der Waals surface area (Å²) in [5.41, 5.74) is 1.14. The highest BCUT2D eigenvalue weighted by atomic mass is 35.5. The van der Waals surface area contributed by atoms with Gasteiger partial charge < -0.3 is 4.74 Å². The zero-order chi connectivity index (χ0) is 13.3. The monoisotopic (exact) mass is 280 g/mol. The largest absolute Gasteiger partial charge is 0.358 e. The number of aromatic nitrogens is 2. The Labute approximate surface area is 115 Å². The fourth-order valence-corrected chi connectivity index (χ4v) is 2.99. The minimum absolute atomic E-state index is 0.255. The van der Waals surface area contributed by atoms with Gasteiger partial charge in [0.1, 0.15) is 22.7 Å². The SMILES string of the molecule is C#CC(C)OCc1nc(Cl)c2c(C)c(C)sc2n1. The van der Waals surface area contributed by atoms with Crippen molar-refractivity contribution >= 4 is 33.2 Å². The molecule has 2 aromatic rings. The zero-order valence-corrected chi connectivity index (χ0v) is 12.0. The lowest BCUT2D eigenvalue weighted by molar-refractivity contribution is 0.0855. The summed E-state index contributed by atoms with van der Waals surface area (Å²) >= 11 is 7.81. The van der Waals surface area contributed by atoms with Gasteiger partial charge in [0.25, 0.3) is 0 Å². The summed E-state index contributed by atoms with van der Waals surface area (Å²) in [6, 6.07) is 0. The highest BCUT2D eigenvalue weighted by Crippen LogP contribution is 2.32. The minimum atomic E-state index is -0.255. The van der Waals surface area contributed by atoms with Gasteiger partial charge in [-0.25, -0.2) is 9.97 Å². The smallest absolute Gasteiger partial charge is 0.157 e. The molecule has 5 heteroatoms. The van der Waals surface area contributed by atoms with E-state index < -0.39 is 0 Å². The molecule has 1 atom stereocenters. The van der Waals surface area contributed by atoms with Gasteiger partial charge in [0.2, 0.25) is 0 Å². The first kappa shape index (κ1) is 13.3. The third-order valence-electron chi connectivity index (χ3n) is 2.73. The lowest BCUT2D eigenvalue weighted by Crippen LogP contribution is -2.07. The van der Waals surface area contributed by atoms with Crippen LogP contribution in [0, 0.1) is 26.2 Å². The molecule has 94 valence electrons. The third-order valence-corrected chi connectivity index (χ3v) is 4.10. The predicted molar refractivity (Wildman–Crippen MR) is 75.0 cm³/mol. The standard InChI is InChI=1S/C13H13ClN2OS/c1-5-7(2)17-6-10-15-12(14)11-8(3)9(4)18-13(11)16-10/h1,7H,6H2,2-4H3. The topological polar surface area (TPSA) is 35.0 Å². The number of halogens is 1. The van der Waals surface area contributed by atoms with Gasteiger partial charge in [-0.15, -0.1) is 17.8 Å². The van der Waals surface area contributed by atoms with E-state index in [0.29, 0.717) is 11.0 Å². The van der Waals surface area contributed by atoms with Crippen molar-refractivity contribution in [2.24, 2.45) is 0 Å². The van der Waals surface area contributed by atoms with Crippen LogP contribution in [-0.2, 0) is 11.3 Å². The molecular weight excluding hydrogens is 268 g/mol. The van der Waals surface area contributed by atoms with Crippen molar-refractivity contribution in [3.63, 3.8) is 0 Å². The van der Waals surface area contributed by atoms with Crippen molar-refractivity contribution < 1.29 is 4.74 Å². The van der Waals surface area contributed by atoms with E-state index in [1.54, 1.807) is 18.3 Å². The molecule has 3 nitrogen and oxygen atoms in total. The Kier molecular flexibility index (Phi) is 3.86. The zero-order valence-electron chi connectivity index (χ0n) is 10.5. The number of fused-ring (bicyclic) bond motifs is 1. The van der Waals surface area contributed by atoms with Crippen molar-refractivity contribution in [3.8, 4) is 12.3 Å². The van der Waals surface area contributed by atoms with Crippen LogP contribution in [-0.4, -0.2) is 16.1 Å². The summed E-state index contributed by atoms with van der Waals surface area (Å²) in [6.45, 7) is 6.16. The maximum atomic E-state index is 6.19. The van der Waals surface area contributed by atoms with Crippen LogP contribution >= 0.6 is 22.9 Å². The maximum Gasteiger partial charge on any atom is 0.157 e. The van der Waals surface area contributed by atoms with Crippen LogP contribution in [0.1, 0.15) is 23.2 Å². The number of aryl methyl sites for hydroxylation is 2. The van der Waals surface area contributed by atoms with E-state index in [-0.39, 0.29) is 12.7 Å². The predicted octanol–water partition coefficient (Wildman–Crippen LogP) is 3.50. The number of hydrogen-bond donors (Lipinski definition) is 0. The first-order valence-corrected chi connectivity index (χ1v) is 6.72. The lowest BCUT2D eigenvalue weighted by Gasteiger charge is -2.06. The lowest BCUT2D eigenvalue weighted by atomic mass is 10.2. The molecule has 0 N–H and O–H groups in total. The summed E-state index contributed by atoms with van der Waals surface area (Å²) in [7, 11) is 0. The van der Waals surface area contributed by atoms with Crippen LogP contribution < -0.4 is 0 Å². The average Bonchev–Trinajstić information content (AvgIpc) is 2.62. The highest BCUT2D eigenvalue weighted by Gasteiger charge is 2.13. The van der Waals surface area contributed by atoms with E-state index in [4.69, 9.17) is 22.8 Å². The van der Waals surface area contributed by atoms with E-state index in [0.717, 1.165) is 15.8 Å². The van der Waals surface area contributed by atoms with E-state index in [1.807, 2.05) is 6.92 Å². The molecule has 0 amide bonds. The quantitative estimate of drug-likeness (QED) is 0.638. The van der Waals surface area contributed by atoms with Gasteiger partial charge in [0.05, 0.1) is 5.39 Å². The summed E-state index contributed by atoms with van der Waals surface area (Å²) < 4.78 is 5.40. The molecule has 0 aliphatic rings. The molecule has 2 rings (SSSR count). The molecule has 0 aromatic carbocycles. The van der Waals surface area contributed by atoms with Crippen LogP contribution in [0.2, 0.25) is 5.15 Å². The molecule has 0 aliphatic carbocycles. The van der Waals surface area contributed by atoms with Gasteiger partial charge in [-0.1, -0.05) is 17.5 Å². The van der Waals surface area contributed by atoms with E-state index >= 15 is 0 Å². The number of thiophene rings is 1. The van der Waals surface area contributed by atoms with Crippen LogP contribution in [0.4, 0.5) is 0 Å². The molecule has 0 radical (unpaired) electrons. The van der Waals surface area contributed by atoms with Crippen LogP contribution in [0.25, 0.3) is 10.2 Å². The Morgan fingerprint density at radius 1 is 1.44 bits per heavy atom. The Bertz CT molecular complexity index is 630. The molecule has 1 unspecified atom stereocenters. The van der Waals surface area contributed by atoms with Crippen molar-refractivity contribution in [2.45, 2.75) is 33.5 Å². The normalized spacial score (nSPS) is 12.6. The summed E-state index contributed by atoms with van der Waals surface area (Å²) in [5, 5.41) is 1.42. The van der Waals surface area contributed by atoms with E-state index in [1.165, 1.54) is 4.88 Å². The fraction of sp³-hybridized carbons (Fsp3) is 0.385. The summed E-state index contributed by atoms with van der Waals surface area (Å²) in [5.74, 6) is 3.06. The first-order valence-electron chi connectivity index (χ1n) is 5.52. The number of ether oxygens (including phenoxy) is 1. The molecule has 0 aliphatic heterocycles. The molecule has 0 fully saturated rings. The van der Waals surface area contributed by atoms with Gasteiger partial charge in [-0.2, -0.15) is 0 Å².